The van der Waals surface area contributed by atoms with Crippen LogP contribution in [-0.4, -0.2) is 24.3 Å². The van der Waals surface area contributed by atoms with Gasteiger partial charge in [0.25, 0.3) is 0 Å². The van der Waals surface area contributed by atoms with E-state index in [1.54, 1.807) is 4.99 Å². The Morgan fingerprint density at radius 2 is 2.14 bits per heavy atom. The van der Waals surface area contributed by atoms with Gasteiger partial charge in [0.2, 0.25) is 0 Å². The summed E-state index contributed by atoms with van der Waals surface area (Å²) in [6, 6.07) is 0. The summed E-state index contributed by atoms with van der Waals surface area (Å²) in [6.07, 6.45) is 13.4. The summed E-state index contributed by atoms with van der Waals surface area (Å²) in [5.41, 5.74) is 2.95. The molecule has 4 heteroatoms. The molecule has 0 aliphatic carbocycles. The predicted octanol–water partition coefficient (Wildman–Crippen LogP) is 4.44. The Balaban J connectivity index is 2.52. The number of carbonyl (C=O) groups is 1. The zero-order chi connectivity index (χ0) is 15.5. The van der Waals surface area contributed by atoms with E-state index in [2.05, 4.69) is 52.9 Å². The van der Waals surface area contributed by atoms with Gasteiger partial charge in [0.15, 0.2) is 0 Å². The number of hydrogen-bond donors (Lipinski definition) is 0. The van der Waals surface area contributed by atoms with Crippen molar-refractivity contribution < 1.29 is 14.3 Å². The summed E-state index contributed by atoms with van der Waals surface area (Å²) in [7, 11) is 0. The van der Waals surface area contributed by atoms with Crippen LogP contribution < -0.4 is 0 Å². The smallest absolute Gasteiger partial charge is 0.302 e. The van der Waals surface area contributed by atoms with Gasteiger partial charge in [0.1, 0.15) is 6.10 Å². The van der Waals surface area contributed by atoms with Crippen molar-refractivity contribution in [3.8, 4) is 0 Å². The van der Waals surface area contributed by atoms with E-state index >= 15 is 0 Å². The van der Waals surface area contributed by atoms with Crippen LogP contribution in [0.1, 0.15) is 39.5 Å². The van der Waals surface area contributed by atoms with Gasteiger partial charge in [-0.3, -0.25) is 4.79 Å². The normalized spacial score (nSPS) is 25.2. The van der Waals surface area contributed by atoms with E-state index in [9.17, 15) is 4.79 Å². The van der Waals surface area contributed by atoms with Gasteiger partial charge in [-0.2, -0.15) is 0 Å². The molecule has 1 aliphatic heterocycles. The van der Waals surface area contributed by atoms with Crippen LogP contribution in [0.2, 0.25) is 0 Å². The van der Waals surface area contributed by atoms with Crippen LogP contribution >= 0.6 is 15.9 Å². The molecule has 0 aromatic heterocycles. The maximum absolute atomic E-state index is 11.2. The Labute approximate surface area is 135 Å². The fourth-order valence-corrected chi connectivity index (χ4v) is 2.36. The van der Waals surface area contributed by atoms with Crippen molar-refractivity contribution in [1.29, 1.82) is 0 Å². The lowest BCUT2D eigenvalue weighted by molar-refractivity contribution is -0.148. The second-order valence-corrected chi connectivity index (χ2v) is 5.32. The molecular weight excluding hydrogens is 332 g/mol. The van der Waals surface area contributed by atoms with Crippen LogP contribution in [0.5, 0.6) is 0 Å². The summed E-state index contributed by atoms with van der Waals surface area (Å²) in [5.74, 6) is -0.260. The molecule has 116 valence electrons. The van der Waals surface area contributed by atoms with Crippen LogP contribution in [0.25, 0.3) is 0 Å². The van der Waals surface area contributed by atoms with Crippen LogP contribution in [0.4, 0.5) is 0 Å². The molecule has 1 rings (SSSR count). The highest BCUT2D eigenvalue weighted by Crippen LogP contribution is 2.26. The van der Waals surface area contributed by atoms with E-state index < -0.39 is 0 Å². The molecule has 0 aromatic carbocycles. The van der Waals surface area contributed by atoms with E-state index in [4.69, 9.17) is 9.47 Å². The van der Waals surface area contributed by atoms with Crippen LogP contribution in [-0.2, 0) is 14.3 Å². The quantitative estimate of drug-likeness (QED) is 0.385. The van der Waals surface area contributed by atoms with Crippen molar-refractivity contribution in [2.24, 2.45) is 0 Å². The molecule has 21 heavy (non-hydrogen) atoms. The summed E-state index contributed by atoms with van der Waals surface area (Å²) >= 11 is 3.17. The largest absolute Gasteiger partial charge is 0.460 e. The van der Waals surface area contributed by atoms with Crippen molar-refractivity contribution in [1.82, 2.24) is 0 Å². The molecule has 0 amide bonds. The highest BCUT2D eigenvalue weighted by molar-refractivity contribution is 9.11. The molecule has 1 fully saturated rings. The maximum Gasteiger partial charge on any atom is 0.302 e. The molecule has 0 radical (unpaired) electrons. The SMILES string of the molecule is CCC=CCC=CCC1OC(C=C=CBr)CC1OC(C)=O. The monoisotopic (exact) mass is 354 g/mol. The van der Waals surface area contributed by atoms with Crippen molar-refractivity contribution in [3.05, 3.63) is 41.1 Å². The number of allylic oxidation sites excluding steroid dienone is 3. The van der Waals surface area contributed by atoms with Gasteiger partial charge >= 0.3 is 5.97 Å². The molecule has 0 N–H and O–H groups in total. The third-order valence-corrected chi connectivity index (χ3v) is 3.37. The van der Waals surface area contributed by atoms with Crippen LogP contribution in [0, 0.1) is 0 Å². The van der Waals surface area contributed by atoms with Gasteiger partial charge < -0.3 is 9.47 Å². The van der Waals surface area contributed by atoms with E-state index in [1.807, 2.05) is 6.08 Å². The summed E-state index contributed by atoms with van der Waals surface area (Å²) in [6.45, 7) is 3.55. The molecule has 1 saturated heterocycles. The molecule has 3 unspecified atom stereocenters. The molecule has 1 heterocycles. The highest BCUT2D eigenvalue weighted by atomic mass is 79.9. The van der Waals surface area contributed by atoms with Gasteiger partial charge in [0, 0.05) is 18.3 Å². The summed E-state index contributed by atoms with van der Waals surface area (Å²) < 4.78 is 11.2. The lowest BCUT2D eigenvalue weighted by Gasteiger charge is -2.16. The molecule has 0 saturated carbocycles. The van der Waals surface area contributed by atoms with Crippen molar-refractivity contribution in [3.63, 3.8) is 0 Å². The molecule has 1 aliphatic rings. The van der Waals surface area contributed by atoms with E-state index in [-0.39, 0.29) is 24.3 Å². The summed E-state index contributed by atoms with van der Waals surface area (Å²) in [4.78, 5) is 12.8. The molecule has 3 nitrogen and oxygen atoms in total. The predicted molar refractivity (Wildman–Crippen MR) is 88.2 cm³/mol. The Bertz CT molecular complexity index is 433. The van der Waals surface area contributed by atoms with E-state index in [0.717, 1.165) is 19.3 Å². The number of esters is 1. The first-order valence-electron chi connectivity index (χ1n) is 7.31. The average Bonchev–Trinajstić information content (AvgIpc) is 2.82. The van der Waals surface area contributed by atoms with Gasteiger partial charge in [-0.05, 0) is 25.3 Å². The van der Waals surface area contributed by atoms with Gasteiger partial charge in [-0.1, -0.05) is 47.2 Å². The van der Waals surface area contributed by atoms with Crippen molar-refractivity contribution in [2.75, 3.05) is 0 Å². The first kappa shape index (κ1) is 18.0. The number of carbonyl (C=O) groups excluding carboxylic acids is 1. The minimum atomic E-state index is -0.260. The van der Waals surface area contributed by atoms with Gasteiger partial charge in [-0.15, -0.1) is 5.73 Å². The van der Waals surface area contributed by atoms with Gasteiger partial charge in [-0.25, -0.2) is 0 Å². The number of halogens is 1. The second kappa shape index (κ2) is 10.6. The average molecular weight is 355 g/mol. The van der Waals surface area contributed by atoms with E-state index in [1.165, 1.54) is 6.92 Å². The number of hydrogen-bond acceptors (Lipinski definition) is 3. The Hall–Kier alpha value is -1.09. The number of ether oxygens (including phenoxy) is 2. The third-order valence-electron chi connectivity index (χ3n) is 3.10. The lowest BCUT2D eigenvalue weighted by Crippen LogP contribution is -2.25. The zero-order valence-electron chi connectivity index (χ0n) is 12.6. The molecule has 0 spiro atoms. The second-order valence-electron chi connectivity index (χ2n) is 4.86. The third kappa shape index (κ3) is 7.47. The fourth-order valence-electron chi connectivity index (χ4n) is 2.21. The number of rotatable bonds is 7. The Kier molecular flexibility index (Phi) is 9.07. The minimum absolute atomic E-state index is 0.0541. The minimum Gasteiger partial charge on any atom is -0.460 e. The molecule has 3 atom stereocenters. The van der Waals surface area contributed by atoms with E-state index in [0.29, 0.717) is 6.42 Å². The molecular formula is C17H23BrO3. The zero-order valence-corrected chi connectivity index (χ0v) is 14.2. The maximum atomic E-state index is 11.2. The van der Waals surface area contributed by atoms with Crippen molar-refractivity contribution >= 4 is 21.9 Å². The molecule has 0 bridgehead atoms. The highest BCUT2D eigenvalue weighted by Gasteiger charge is 2.35. The Morgan fingerprint density at radius 3 is 2.81 bits per heavy atom. The lowest BCUT2D eigenvalue weighted by atomic mass is 10.1. The van der Waals surface area contributed by atoms with Gasteiger partial charge in [0.05, 0.1) is 12.2 Å². The first-order chi connectivity index (χ1) is 10.2. The van der Waals surface area contributed by atoms with Crippen LogP contribution in [0.3, 0.4) is 0 Å². The van der Waals surface area contributed by atoms with Crippen LogP contribution in [0.15, 0.2) is 41.1 Å². The van der Waals surface area contributed by atoms with Crippen molar-refractivity contribution in [2.45, 2.75) is 57.8 Å². The first-order valence-corrected chi connectivity index (χ1v) is 8.22. The molecule has 0 aromatic rings. The Morgan fingerprint density at radius 1 is 1.38 bits per heavy atom. The topological polar surface area (TPSA) is 35.5 Å². The fraction of sp³-hybridized carbons (Fsp3) is 0.529. The summed E-state index contributed by atoms with van der Waals surface area (Å²) in [5, 5.41) is 0. The standard InChI is InChI=1S/C17H23BrO3/c1-3-4-5-6-7-8-11-16-17(20-14(2)19)13-15(21-16)10-9-12-18/h4-5,7-8,10,12,15-17H,3,6,11,13H2,1-2H3.